The van der Waals surface area contributed by atoms with Gasteiger partial charge in [0.1, 0.15) is 5.75 Å². The number of methoxy groups -OCH3 is 1. The number of hydrogen-bond acceptors (Lipinski definition) is 4. The smallest absolute Gasteiger partial charge is 0.123 e. The molecule has 0 radical (unpaired) electrons. The summed E-state index contributed by atoms with van der Waals surface area (Å²) in [6.45, 7) is 3.92. The van der Waals surface area contributed by atoms with Gasteiger partial charge in [-0.2, -0.15) is 5.26 Å². The molecule has 1 heterocycles. The van der Waals surface area contributed by atoms with Gasteiger partial charge in [-0.25, -0.2) is 0 Å². The van der Waals surface area contributed by atoms with E-state index in [0.717, 1.165) is 37.5 Å². The third kappa shape index (κ3) is 4.53. The molecule has 2 rings (SSSR count). The lowest BCUT2D eigenvalue weighted by atomic mass is 10.0. The maximum Gasteiger partial charge on any atom is 0.123 e. The molecule has 1 saturated heterocycles. The van der Waals surface area contributed by atoms with E-state index in [1.165, 1.54) is 0 Å². The average Bonchev–Trinajstić information content (AvgIpc) is 2.46. The number of para-hydroxylation sites is 1. The van der Waals surface area contributed by atoms with Crippen molar-refractivity contribution in [3.63, 3.8) is 0 Å². The van der Waals surface area contributed by atoms with Gasteiger partial charge in [-0.05, 0) is 6.07 Å². The van der Waals surface area contributed by atoms with E-state index in [9.17, 15) is 0 Å². The van der Waals surface area contributed by atoms with E-state index in [-0.39, 0.29) is 30.9 Å². The van der Waals surface area contributed by atoms with Gasteiger partial charge in [0.15, 0.2) is 0 Å². The predicted molar refractivity (Wildman–Crippen MR) is 84.9 cm³/mol. The van der Waals surface area contributed by atoms with Crippen LogP contribution >= 0.6 is 24.8 Å². The monoisotopic (exact) mass is 317 g/mol. The summed E-state index contributed by atoms with van der Waals surface area (Å²) in [4.78, 5) is 2.36. The minimum absolute atomic E-state index is 0. The fourth-order valence-electron chi connectivity index (χ4n) is 2.46. The lowest BCUT2D eigenvalue weighted by Crippen LogP contribution is -2.45. The van der Waals surface area contributed by atoms with E-state index >= 15 is 0 Å². The van der Waals surface area contributed by atoms with Crippen molar-refractivity contribution in [2.75, 3.05) is 33.3 Å². The molecule has 0 unspecified atom stereocenters. The third-order valence-electron chi connectivity index (χ3n) is 3.37. The highest BCUT2D eigenvalue weighted by molar-refractivity contribution is 5.85. The van der Waals surface area contributed by atoms with E-state index in [1.807, 2.05) is 18.2 Å². The molecule has 0 aliphatic carbocycles. The fourth-order valence-corrected chi connectivity index (χ4v) is 2.46. The summed E-state index contributed by atoms with van der Waals surface area (Å²) in [5.74, 6) is 0.872. The van der Waals surface area contributed by atoms with Gasteiger partial charge in [0.05, 0.1) is 25.6 Å². The van der Waals surface area contributed by atoms with E-state index in [4.69, 9.17) is 10.00 Å². The van der Waals surface area contributed by atoms with Gasteiger partial charge < -0.3 is 10.1 Å². The molecule has 20 heavy (non-hydrogen) atoms. The predicted octanol–water partition coefficient (Wildman–Crippen LogP) is 2.40. The molecule has 1 N–H and O–H groups in total. The van der Waals surface area contributed by atoms with Crippen LogP contribution in [-0.2, 0) is 0 Å². The number of nitriles is 1. The highest BCUT2D eigenvalue weighted by Gasteiger charge is 2.24. The summed E-state index contributed by atoms with van der Waals surface area (Å²) >= 11 is 0. The maximum atomic E-state index is 9.06. The minimum atomic E-state index is 0. The third-order valence-corrected chi connectivity index (χ3v) is 3.37. The second kappa shape index (κ2) is 9.84. The van der Waals surface area contributed by atoms with Crippen LogP contribution < -0.4 is 10.1 Å². The van der Waals surface area contributed by atoms with Crippen LogP contribution in [0.5, 0.6) is 5.75 Å². The zero-order valence-electron chi connectivity index (χ0n) is 11.5. The van der Waals surface area contributed by atoms with Crippen molar-refractivity contribution in [1.82, 2.24) is 10.2 Å². The van der Waals surface area contributed by atoms with Crippen LogP contribution in [0.25, 0.3) is 0 Å². The van der Waals surface area contributed by atoms with Crippen molar-refractivity contribution in [2.45, 2.75) is 12.5 Å². The van der Waals surface area contributed by atoms with E-state index in [2.05, 4.69) is 22.4 Å². The normalized spacial score (nSPS) is 16.2. The molecular formula is C14H21Cl2N3O. The zero-order chi connectivity index (χ0) is 12.8. The second-order valence-electron chi connectivity index (χ2n) is 4.41. The van der Waals surface area contributed by atoms with Gasteiger partial charge in [0.25, 0.3) is 0 Å². The molecule has 1 aromatic rings. The van der Waals surface area contributed by atoms with Gasteiger partial charge in [-0.1, -0.05) is 18.2 Å². The molecule has 1 aliphatic heterocycles. The number of nitrogens with one attached hydrogen (secondary N) is 1. The van der Waals surface area contributed by atoms with Crippen LogP contribution in [-0.4, -0.2) is 38.2 Å². The number of ether oxygens (including phenoxy) is 1. The Morgan fingerprint density at radius 2 is 1.95 bits per heavy atom. The number of benzene rings is 1. The highest BCUT2D eigenvalue weighted by atomic mass is 35.5. The van der Waals surface area contributed by atoms with Crippen molar-refractivity contribution in [1.29, 1.82) is 5.26 Å². The molecule has 1 fully saturated rings. The van der Waals surface area contributed by atoms with Crippen molar-refractivity contribution in [3.8, 4) is 11.8 Å². The maximum absolute atomic E-state index is 9.06. The molecule has 0 bridgehead atoms. The van der Waals surface area contributed by atoms with E-state index < -0.39 is 0 Å². The number of hydrogen-bond donors (Lipinski definition) is 1. The molecule has 1 aromatic carbocycles. The van der Waals surface area contributed by atoms with Crippen molar-refractivity contribution in [2.24, 2.45) is 0 Å². The fraction of sp³-hybridized carbons (Fsp3) is 0.500. The molecule has 6 heteroatoms. The minimum Gasteiger partial charge on any atom is -0.496 e. The SMILES string of the molecule is COc1ccccc1[C@H](CC#N)N1CCNCC1.Cl.Cl. The Labute approximate surface area is 132 Å². The highest BCUT2D eigenvalue weighted by Crippen LogP contribution is 2.31. The summed E-state index contributed by atoms with van der Waals surface area (Å²) in [5, 5.41) is 12.4. The molecule has 1 atom stereocenters. The first-order valence-electron chi connectivity index (χ1n) is 6.31. The quantitative estimate of drug-likeness (QED) is 0.926. The Kier molecular flexibility index (Phi) is 9.35. The Bertz CT molecular complexity index is 431. The molecule has 4 nitrogen and oxygen atoms in total. The number of halogens is 2. The van der Waals surface area contributed by atoms with Crippen LogP contribution in [0.1, 0.15) is 18.0 Å². The topological polar surface area (TPSA) is 48.3 Å². The number of piperazine rings is 1. The average molecular weight is 318 g/mol. The molecule has 112 valence electrons. The lowest BCUT2D eigenvalue weighted by molar-refractivity contribution is 0.173. The Balaban J connectivity index is 0.00000180. The largest absolute Gasteiger partial charge is 0.496 e. The number of nitrogens with zero attached hydrogens (tertiary/aromatic N) is 2. The summed E-state index contributed by atoms with van der Waals surface area (Å²) in [5.41, 5.74) is 1.11. The first-order valence-corrected chi connectivity index (χ1v) is 6.31. The van der Waals surface area contributed by atoms with E-state index in [1.54, 1.807) is 7.11 Å². The Hall–Kier alpha value is -0.990. The first kappa shape index (κ1) is 19.0. The van der Waals surface area contributed by atoms with Crippen LogP contribution in [0.2, 0.25) is 0 Å². The van der Waals surface area contributed by atoms with Gasteiger partial charge in [0, 0.05) is 31.7 Å². The van der Waals surface area contributed by atoms with Gasteiger partial charge in [-0.15, -0.1) is 24.8 Å². The molecule has 0 amide bonds. The molecular weight excluding hydrogens is 297 g/mol. The van der Waals surface area contributed by atoms with Crippen molar-refractivity contribution in [3.05, 3.63) is 29.8 Å². The zero-order valence-corrected chi connectivity index (χ0v) is 13.2. The molecule has 0 saturated carbocycles. The Morgan fingerprint density at radius 1 is 1.30 bits per heavy atom. The van der Waals surface area contributed by atoms with E-state index in [0.29, 0.717) is 6.42 Å². The molecule has 0 aromatic heterocycles. The standard InChI is InChI=1S/C14H19N3O.2ClH/c1-18-14-5-3-2-4-12(14)13(6-7-15)17-10-8-16-9-11-17;;/h2-5,13,16H,6,8-11H2,1H3;2*1H/t13-;;/m0../s1. The van der Waals surface area contributed by atoms with Crippen molar-refractivity contribution >= 4 is 24.8 Å². The summed E-state index contributed by atoms with van der Waals surface area (Å²) in [6.07, 6.45) is 0.500. The van der Waals surface area contributed by atoms with Crippen molar-refractivity contribution < 1.29 is 4.74 Å². The van der Waals surface area contributed by atoms with Crippen LogP contribution in [0.15, 0.2) is 24.3 Å². The summed E-state index contributed by atoms with van der Waals surface area (Å²) in [7, 11) is 1.68. The molecule has 1 aliphatic rings. The summed E-state index contributed by atoms with van der Waals surface area (Å²) in [6, 6.07) is 10.4. The number of rotatable bonds is 4. The molecule has 0 spiro atoms. The van der Waals surface area contributed by atoms with Crippen LogP contribution in [0.3, 0.4) is 0 Å². The van der Waals surface area contributed by atoms with Crippen LogP contribution in [0.4, 0.5) is 0 Å². The van der Waals surface area contributed by atoms with Gasteiger partial charge >= 0.3 is 0 Å². The summed E-state index contributed by atoms with van der Waals surface area (Å²) < 4.78 is 5.41. The van der Waals surface area contributed by atoms with Crippen LogP contribution in [0, 0.1) is 11.3 Å². The second-order valence-corrected chi connectivity index (χ2v) is 4.41. The van der Waals surface area contributed by atoms with Gasteiger partial charge in [-0.3, -0.25) is 4.90 Å². The van der Waals surface area contributed by atoms with Gasteiger partial charge in [0.2, 0.25) is 0 Å². The first-order chi connectivity index (χ1) is 8.86. The Morgan fingerprint density at radius 3 is 2.55 bits per heavy atom. The lowest BCUT2D eigenvalue weighted by Gasteiger charge is -2.34.